The second-order valence-corrected chi connectivity index (χ2v) is 7.58. The third-order valence-corrected chi connectivity index (χ3v) is 5.38. The van der Waals surface area contributed by atoms with Crippen molar-refractivity contribution in [2.45, 2.75) is 31.8 Å². The highest BCUT2D eigenvalue weighted by Crippen LogP contribution is 2.19. The highest BCUT2D eigenvalue weighted by Gasteiger charge is 2.24. The molecule has 0 aliphatic carbocycles. The van der Waals surface area contributed by atoms with E-state index in [4.69, 9.17) is 4.52 Å². The molecule has 140 valence electrons. The molecular weight excluding hydrogens is 360 g/mol. The Balaban J connectivity index is 1.21. The number of amides is 1. The van der Waals surface area contributed by atoms with Crippen LogP contribution >= 0.6 is 11.3 Å². The fourth-order valence-corrected chi connectivity index (χ4v) is 3.96. The molecule has 6 nitrogen and oxygen atoms in total. The van der Waals surface area contributed by atoms with Crippen molar-refractivity contribution in [3.05, 3.63) is 58.6 Å². The van der Waals surface area contributed by atoms with Crippen molar-refractivity contribution in [2.24, 2.45) is 0 Å². The van der Waals surface area contributed by atoms with Gasteiger partial charge in [0.15, 0.2) is 0 Å². The lowest BCUT2D eigenvalue weighted by Gasteiger charge is -2.16. The zero-order valence-corrected chi connectivity index (χ0v) is 15.8. The van der Waals surface area contributed by atoms with Gasteiger partial charge in [0.25, 0.3) is 0 Å². The number of carbonyl (C=O) groups excluding carboxylic acids is 1. The first-order valence-corrected chi connectivity index (χ1v) is 10.1. The van der Waals surface area contributed by atoms with Crippen LogP contribution in [0.3, 0.4) is 0 Å². The molecule has 1 saturated heterocycles. The first kappa shape index (κ1) is 17.9. The summed E-state index contributed by atoms with van der Waals surface area (Å²) in [4.78, 5) is 19.0. The number of hydrogen-bond acceptors (Lipinski definition) is 6. The predicted octanol–water partition coefficient (Wildman–Crippen LogP) is 3.12. The van der Waals surface area contributed by atoms with Gasteiger partial charge in [-0.1, -0.05) is 35.5 Å². The van der Waals surface area contributed by atoms with E-state index >= 15 is 0 Å². The largest absolute Gasteiger partial charge is 0.352 e. The Hall–Kier alpha value is -2.51. The molecule has 2 aromatic heterocycles. The van der Waals surface area contributed by atoms with E-state index < -0.39 is 0 Å². The second kappa shape index (κ2) is 8.45. The summed E-state index contributed by atoms with van der Waals surface area (Å²) in [6.07, 6.45) is 1.81. The van der Waals surface area contributed by atoms with Crippen LogP contribution < -0.4 is 5.32 Å². The normalized spacial score (nSPS) is 17.3. The molecule has 1 aromatic carbocycles. The molecule has 0 bridgehead atoms. The first-order valence-electron chi connectivity index (χ1n) is 9.17. The van der Waals surface area contributed by atoms with Crippen molar-refractivity contribution in [3.8, 4) is 11.4 Å². The van der Waals surface area contributed by atoms with Crippen molar-refractivity contribution in [1.29, 1.82) is 0 Å². The molecule has 3 heterocycles. The number of aromatic nitrogens is 2. The lowest BCUT2D eigenvalue weighted by molar-refractivity contribution is -0.121. The van der Waals surface area contributed by atoms with Crippen LogP contribution in [0.25, 0.3) is 11.4 Å². The van der Waals surface area contributed by atoms with Crippen molar-refractivity contribution in [2.75, 3.05) is 13.1 Å². The Kier molecular flexibility index (Phi) is 5.60. The maximum absolute atomic E-state index is 12.3. The lowest BCUT2D eigenvalue weighted by Crippen LogP contribution is -2.37. The van der Waals surface area contributed by atoms with Crippen LogP contribution in [0, 0.1) is 0 Å². The van der Waals surface area contributed by atoms with Gasteiger partial charge in [-0.15, -0.1) is 0 Å². The molecule has 3 aromatic rings. The van der Waals surface area contributed by atoms with Gasteiger partial charge < -0.3 is 9.84 Å². The number of aryl methyl sites for hydroxylation is 1. The molecule has 1 amide bonds. The number of rotatable bonds is 7. The topological polar surface area (TPSA) is 71.3 Å². The van der Waals surface area contributed by atoms with Crippen LogP contribution in [0.2, 0.25) is 0 Å². The summed E-state index contributed by atoms with van der Waals surface area (Å²) in [7, 11) is 0. The number of carbonyl (C=O) groups is 1. The SMILES string of the molecule is O=C(CCc1nc(-c2ccsc2)no1)NC1CCN(Cc2ccccc2)C1. The molecule has 0 saturated carbocycles. The number of thiophene rings is 1. The molecule has 1 fully saturated rings. The average Bonchev–Trinajstić information content (AvgIpc) is 3.43. The van der Waals surface area contributed by atoms with Gasteiger partial charge in [-0.05, 0) is 23.4 Å². The van der Waals surface area contributed by atoms with Gasteiger partial charge in [0, 0.05) is 49.5 Å². The van der Waals surface area contributed by atoms with Crippen molar-refractivity contribution in [3.63, 3.8) is 0 Å². The molecule has 0 radical (unpaired) electrons. The predicted molar refractivity (Wildman–Crippen MR) is 104 cm³/mol. The number of nitrogens with one attached hydrogen (secondary N) is 1. The van der Waals surface area contributed by atoms with Gasteiger partial charge in [-0.2, -0.15) is 16.3 Å². The zero-order valence-electron chi connectivity index (χ0n) is 15.0. The van der Waals surface area contributed by atoms with E-state index in [1.807, 2.05) is 22.9 Å². The fourth-order valence-electron chi connectivity index (χ4n) is 3.32. The summed E-state index contributed by atoms with van der Waals surface area (Å²) < 4.78 is 5.25. The van der Waals surface area contributed by atoms with Gasteiger partial charge in [0.1, 0.15) is 0 Å². The maximum atomic E-state index is 12.3. The van der Waals surface area contributed by atoms with Crippen LogP contribution in [0.1, 0.15) is 24.3 Å². The summed E-state index contributed by atoms with van der Waals surface area (Å²) in [5, 5.41) is 11.1. The van der Waals surface area contributed by atoms with Crippen LogP contribution in [0.5, 0.6) is 0 Å². The summed E-state index contributed by atoms with van der Waals surface area (Å²) in [5.41, 5.74) is 2.26. The average molecular weight is 382 g/mol. The molecule has 1 aliphatic rings. The molecule has 1 atom stereocenters. The summed E-state index contributed by atoms with van der Waals surface area (Å²) in [5.74, 6) is 1.12. The van der Waals surface area contributed by atoms with E-state index in [2.05, 4.69) is 44.6 Å². The zero-order chi connectivity index (χ0) is 18.5. The van der Waals surface area contributed by atoms with E-state index in [-0.39, 0.29) is 11.9 Å². The molecule has 1 aliphatic heterocycles. The summed E-state index contributed by atoms with van der Waals surface area (Å²) in [6, 6.07) is 12.6. The molecule has 1 unspecified atom stereocenters. The standard InChI is InChI=1S/C20H22N4O2S/c25-18(6-7-19-22-20(23-26-19)16-9-11-27-14-16)21-17-8-10-24(13-17)12-15-4-2-1-3-5-15/h1-5,9,11,14,17H,6-8,10,12-13H2,(H,21,25). The Labute approximate surface area is 162 Å². The first-order chi connectivity index (χ1) is 13.3. The second-order valence-electron chi connectivity index (χ2n) is 6.80. The van der Waals surface area contributed by atoms with Crippen molar-refractivity contribution in [1.82, 2.24) is 20.4 Å². The molecule has 27 heavy (non-hydrogen) atoms. The molecule has 4 rings (SSSR count). The summed E-state index contributed by atoms with van der Waals surface area (Å²) in [6.45, 7) is 2.83. The Bertz CT molecular complexity index is 863. The summed E-state index contributed by atoms with van der Waals surface area (Å²) >= 11 is 1.59. The number of hydrogen-bond donors (Lipinski definition) is 1. The number of likely N-dealkylation sites (tertiary alicyclic amines) is 1. The van der Waals surface area contributed by atoms with E-state index in [1.54, 1.807) is 11.3 Å². The van der Waals surface area contributed by atoms with Gasteiger partial charge >= 0.3 is 0 Å². The minimum Gasteiger partial charge on any atom is -0.352 e. The van der Waals surface area contributed by atoms with Crippen LogP contribution in [-0.4, -0.2) is 40.1 Å². The Morgan fingerprint density at radius 2 is 2.19 bits per heavy atom. The van der Waals surface area contributed by atoms with E-state index in [0.717, 1.165) is 31.6 Å². The minimum atomic E-state index is 0.0387. The van der Waals surface area contributed by atoms with Crippen LogP contribution in [0.15, 0.2) is 51.7 Å². The van der Waals surface area contributed by atoms with Gasteiger partial charge in [-0.3, -0.25) is 9.69 Å². The van der Waals surface area contributed by atoms with Crippen LogP contribution in [0.4, 0.5) is 0 Å². The number of benzene rings is 1. The smallest absolute Gasteiger partial charge is 0.227 e. The highest BCUT2D eigenvalue weighted by molar-refractivity contribution is 7.08. The molecule has 1 N–H and O–H groups in total. The van der Waals surface area contributed by atoms with Crippen molar-refractivity contribution >= 4 is 17.2 Å². The van der Waals surface area contributed by atoms with Crippen LogP contribution in [-0.2, 0) is 17.8 Å². The van der Waals surface area contributed by atoms with Gasteiger partial charge in [0.05, 0.1) is 0 Å². The molecule has 7 heteroatoms. The third-order valence-electron chi connectivity index (χ3n) is 4.70. The van der Waals surface area contributed by atoms with Gasteiger partial charge in [-0.25, -0.2) is 0 Å². The maximum Gasteiger partial charge on any atom is 0.227 e. The van der Waals surface area contributed by atoms with Gasteiger partial charge in [0.2, 0.25) is 17.6 Å². The van der Waals surface area contributed by atoms with Crippen molar-refractivity contribution < 1.29 is 9.32 Å². The molecular formula is C20H22N4O2S. The monoisotopic (exact) mass is 382 g/mol. The lowest BCUT2D eigenvalue weighted by atomic mass is 10.2. The Morgan fingerprint density at radius 1 is 1.30 bits per heavy atom. The Morgan fingerprint density at radius 3 is 3.00 bits per heavy atom. The minimum absolute atomic E-state index is 0.0387. The third kappa shape index (κ3) is 4.81. The van der Waals surface area contributed by atoms with E-state index in [1.165, 1.54) is 5.56 Å². The number of nitrogens with zero attached hydrogens (tertiary/aromatic N) is 3. The van der Waals surface area contributed by atoms with E-state index in [9.17, 15) is 4.79 Å². The fraction of sp³-hybridized carbons (Fsp3) is 0.350. The highest BCUT2D eigenvalue weighted by atomic mass is 32.1. The van der Waals surface area contributed by atoms with E-state index in [0.29, 0.717) is 24.6 Å². The molecule has 0 spiro atoms. The quantitative estimate of drug-likeness (QED) is 0.680.